The number of nitrogens with zero attached hydrogens (tertiary/aromatic N) is 1. The summed E-state index contributed by atoms with van der Waals surface area (Å²) in [4.78, 5) is 2.32. The fourth-order valence-corrected chi connectivity index (χ4v) is 2.77. The average Bonchev–Trinajstić information content (AvgIpc) is 3.08. The molecule has 1 aliphatic heterocycles. The van der Waals surface area contributed by atoms with Crippen molar-refractivity contribution in [3.8, 4) is 0 Å². The first-order chi connectivity index (χ1) is 8.72. The molecule has 1 fully saturated rings. The first kappa shape index (κ1) is 12.0. The molecule has 3 rings (SSSR count). The van der Waals surface area contributed by atoms with E-state index in [4.69, 9.17) is 0 Å². The molecule has 0 bridgehead atoms. The van der Waals surface area contributed by atoms with Crippen LogP contribution in [0.3, 0.4) is 0 Å². The van der Waals surface area contributed by atoms with Crippen LogP contribution in [0, 0.1) is 5.41 Å². The zero-order chi connectivity index (χ0) is 12.6. The molecule has 2 aliphatic rings. The number of rotatable bonds is 5. The normalized spacial score (nSPS) is 20.0. The van der Waals surface area contributed by atoms with Crippen LogP contribution in [0.15, 0.2) is 18.2 Å². The van der Waals surface area contributed by atoms with E-state index in [0.717, 1.165) is 19.6 Å². The Labute approximate surface area is 109 Å². The molecule has 18 heavy (non-hydrogen) atoms. The van der Waals surface area contributed by atoms with E-state index >= 15 is 0 Å². The predicted octanol–water partition coefficient (Wildman–Crippen LogP) is 1.54. The summed E-state index contributed by atoms with van der Waals surface area (Å²) in [5.41, 5.74) is 4.42. The summed E-state index contributed by atoms with van der Waals surface area (Å²) >= 11 is 0. The number of nitrogens with one attached hydrogen (secondary N) is 1. The van der Waals surface area contributed by atoms with Crippen molar-refractivity contribution in [2.24, 2.45) is 5.41 Å². The van der Waals surface area contributed by atoms with Gasteiger partial charge in [-0.1, -0.05) is 12.1 Å². The van der Waals surface area contributed by atoms with Gasteiger partial charge in [-0.3, -0.25) is 0 Å². The van der Waals surface area contributed by atoms with E-state index in [1.54, 1.807) is 0 Å². The number of likely N-dealkylation sites (N-methyl/N-ethyl adjacent to an activating group) is 1. The smallest absolute Gasteiger partial charge is 0.0499 e. The van der Waals surface area contributed by atoms with E-state index in [1.165, 1.54) is 36.1 Å². The molecule has 3 heteroatoms. The first-order valence-electron chi connectivity index (χ1n) is 6.87. The highest BCUT2D eigenvalue weighted by atomic mass is 16.3. The monoisotopic (exact) mass is 246 g/mol. The third-order valence-corrected chi connectivity index (χ3v) is 4.39. The van der Waals surface area contributed by atoms with Crippen molar-refractivity contribution in [1.82, 2.24) is 5.32 Å². The number of fused-ring (bicyclic) bond motifs is 1. The van der Waals surface area contributed by atoms with E-state index in [9.17, 15) is 5.11 Å². The van der Waals surface area contributed by atoms with Gasteiger partial charge in [-0.15, -0.1) is 0 Å². The fourth-order valence-electron chi connectivity index (χ4n) is 2.77. The Morgan fingerprint density at radius 3 is 2.94 bits per heavy atom. The van der Waals surface area contributed by atoms with Gasteiger partial charge in [0.2, 0.25) is 0 Å². The third-order valence-electron chi connectivity index (χ3n) is 4.39. The fraction of sp³-hybridized carbons (Fsp3) is 0.600. The van der Waals surface area contributed by atoms with Gasteiger partial charge in [0.1, 0.15) is 0 Å². The number of benzene rings is 1. The van der Waals surface area contributed by atoms with E-state index in [1.807, 2.05) is 0 Å². The molecule has 2 N–H and O–H groups in total. The quantitative estimate of drug-likeness (QED) is 0.827. The molecule has 98 valence electrons. The highest BCUT2D eigenvalue weighted by molar-refractivity contribution is 5.58. The van der Waals surface area contributed by atoms with Crippen molar-refractivity contribution in [3.63, 3.8) is 0 Å². The topological polar surface area (TPSA) is 35.5 Å². The largest absolute Gasteiger partial charge is 0.396 e. The Hall–Kier alpha value is -1.06. The summed E-state index contributed by atoms with van der Waals surface area (Å²) < 4.78 is 0. The second-order valence-corrected chi connectivity index (χ2v) is 5.90. The molecule has 1 heterocycles. The van der Waals surface area contributed by atoms with Crippen LogP contribution in [0.5, 0.6) is 0 Å². The summed E-state index contributed by atoms with van der Waals surface area (Å²) in [5.74, 6) is 0. The maximum Gasteiger partial charge on any atom is 0.0499 e. The van der Waals surface area contributed by atoms with E-state index in [2.05, 4.69) is 35.5 Å². The minimum atomic E-state index is 0.205. The van der Waals surface area contributed by atoms with Crippen LogP contribution in [0.4, 0.5) is 5.69 Å². The van der Waals surface area contributed by atoms with Gasteiger partial charge < -0.3 is 15.3 Å². The van der Waals surface area contributed by atoms with Crippen molar-refractivity contribution in [1.29, 1.82) is 0 Å². The van der Waals surface area contributed by atoms with Gasteiger partial charge >= 0.3 is 0 Å². The summed E-state index contributed by atoms with van der Waals surface area (Å²) in [6.07, 6.45) is 3.51. The van der Waals surface area contributed by atoms with Crippen LogP contribution in [0.1, 0.15) is 24.0 Å². The van der Waals surface area contributed by atoms with Crippen molar-refractivity contribution in [2.45, 2.75) is 25.8 Å². The van der Waals surface area contributed by atoms with Crippen molar-refractivity contribution in [3.05, 3.63) is 29.3 Å². The van der Waals surface area contributed by atoms with Crippen molar-refractivity contribution < 1.29 is 5.11 Å². The maximum atomic E-state index is 9.26. The molecule has 1 aliphatic carbocycles. The van der Waals surface area contributed by atoms with Crippen molar-refractivity contribution in [2.75, 3.05) is 31.6 Å². The lowest BCUT2D eigenvalue weighted by Crippen LogP contribution is -2.26. The Bertz CT molecular complexity index is 440. The zero-order valence-corrected chi connectivity index (χ0v) is 11.1. The predicted molar refractivity (Wildman–Crippen MR) is 73.9 cm³/mol. The third kappa shape index (κ3) is 2.25. The van der Waals surface area contributed by atoms with Crippen molar-refractivity contribution >= 4 is 5.69 Å². The van der Waals surface area contributed by atoms with Crippen LogP contribution in [0.25, 0.3) is 0 Å². The average molecular weight is 246 g/mol. The summed E-state index contributed by atoms with van der Waals surface area (Å²) in [7, 11) is 2.15. The second-order valence-electron chi connectivity index (χ2n) is 5.90. The zero-order valence-electron chi connectivity index (χ0n) is 11.1. The van der Waals surface area contributed by atoms with Gasteiger partial charge in [-0.05, 0) is 36.5 Å². The van der Waals surface area contributed by atoms with Crippen LogP contribution >= 0.6 is 0 Å². The lowest BCUT2D eigenvalue weighted by atomic mass is 10.1. The van der Waals surface area contributed by atoms with E-state index < -0.39 is 0 Å². The Kier molecular flexibility index (Phi) is 3.04. The summed E-state index contributed by atoms with van der Waals surface area (Å²) in [5, 5.41) is 12.7. The Morgan fingerprint density at radius 1 is 1.39 bits per heavy atom. The maximum absolute atomic E-state index is 9.26. The first-order valence-corrected chi connectivity index (χ1v) is 6.87. The molecule has 0 atom stereocenters. The molecule has 0 amide bonds. The lowest BCUT2D eigenvalue weighted by molar-refractivity contribution is 0.207. The van der Waals surface area contributed by atoms with Crippen LogP contribution < -0.4 is 10.2 Å². The number of aliphatic hydroxyl groups excluding tert-OH is 1. The molecule has 0 saturated heterocycles. The minimum Gasteiger partial charge on any atom is -0.396 e. The van der Waals surface area contributed by atoms with Crippen LogP contribution in [0.2, 0.25) is 0 Å². The summed E-state index contributed by atoms with van der Waals surface area (Å²) in [6.45, 7) is 3.33. The highest BCUT2D eigenvalue weighted by Crippen LogP contribution is 2.44. The standard InChI is InChI=1S/C15H22N2O/c1-17-7-4-13-8-12(2-3-14(13)17)9-16-10-15(11-18)5-6-15/h2-3,8,16,18H,4-7,9-11H2,1H3. The van der Waals surface area contributed by atoms with Gasteiger partial charge in [-0.25, -0.2) is 0 Å². The number of hydrogen-bond acceptors (Lipinski definition) is 3. The molecular formula is C15H22N2O. The molecule has 1 saturated carbocycles. The Morgan fingerprint density at radius 2 is 2.22 bits per heavy atom. The number of aliphatic hydroxyl groups is 1. The highest BCUT2D eigenvalue weighted by Gasteiger charge is 2.41. The molecular weight excluding hydrogens is 224 g/mol. The van der Waals surface area contributed by atoms with Crippen LogP contribution in [-0.4, -0.2) is 31.9 Å². The van der Waals surface area contributed by atoms with E-state index in [0.29, 0.717) is 6.61 Å². The van der Waals surface area contributed by atoms with E-state index in [-0.39, 0.29) is 5.41 Å². The molecule has 1 aromatic carbocycles. The Balaban J connectivity index is 1.57. The van der Waals surface area contributed by atoms with Gasteiger partial charge in [0, 0.05) is 44.4 Å². The van der Waals surface area contributed by atoms with Crippen LogP contribution in [-0.2, 0) is 13.0 Å². The molecule has 1 aromatic rings. The van der Waals surface area contributed by atoms with Gasteiger partial charge in [-0.2, -0.15) is 0 Å². The van der Waals surface area contributed by atoms with Gasteiger partial charge in [0.05, 0.1) is 0 Å². The number of hydrogen-bond donors (Lipinski definition) is 2. The van der Waals surface area contributed by atoms with Gasteiger partial charge in [0.15, 0.2) is 0 Å². The minimum absolute atomic E-state index is 0.205. The molecule has 0 spiro atoms. The molecule has 0 unspecified atom stereocenters. The molecule has 0 aromatic heterocycles. The lowest BCUT2D eigenvalue weighted by Gasteiger charge is -2.14. The molecule has 0 radical (unpaired) electrons. The second kappa shape index (κ2) is 4.56. The summed E-state index contributed by atoms with van der Waals surface area (Å²) in [6, 6.07) is 6.77. The molecule has 3 nitrogen and oxygen atoms in total. The van der Waals surface area contributed by atoms with Gasteiger partial charge in [0.25, 0.3) is 0 Å². The number of anilines is 1. The SMILES string of the molecule is CN1CCc2cc(CNCC3(CO)CC3)ccc21.